The quantitative estimate of drug-likeness (QED) is 0.706. The van der Waals surface area contributed by atoms with Crippen molar-refractivity contribution in [3.63, 3.8) is 0 Å². The Bertz CT molecular complexity index is 777. The molecular formula is C21H32N4. The van der Waals surface area contributed by atoms with E-state index in [9.17, 15) is 0 Å². The number of H-pyrrole nitrogens is 1. The van der Waals surface area contributed by atoms with Crippen molar-refractivity contribution in [2.24, 2.45) is 23.7 Å². The van der Waals surface area contributed by atoms with E-state index in [0.29, 0.717) is 23.7 Å². The first kappa shape index (κ1) is 18.0. The van der Waals surface area contributed by atoms with Gasteiger partial charge in [-0.2, -0.15) is 0 Å². The lowest BCUT2D eigenvalue weighted by molar-refractivity contribution is 0.136. The molecule has 0 amide bonds. The molecule has 1 aliphatic rings. The van der Waals surface area contributed by atoms with Crippen molar-refractivity contribution in [3.8, 4) is 0 Å². The van der Waals surface area contributed by atoms with E-state index in [-0.39, 0.29) is 0 Å². The smallest absolute Gasteiger partial charge is 0.215 e. The summed E-state index contributed by atoms with van der Waals surface area (Å²) < 4.78 is 2.08. The molecule has 0 saturated heterocycles. The summed E-state index contributed by atoms with van der Waals surface area (Å²) in [6.07, 6.45) is 4.44. The van der Waals surface area contributed by atoms with Crippen molar-refractivity contribution in [2.45, 2.75) is 73.1 Å². The van der Waals surface area contributed by atoms with Gasteiger partial charge in [0.15, 0.2) is 0 Å². The molecule has 1 fully saturated rings. The van der Waals surface area contributed by atoms with Crippen LogP contribution in [0, 0.1) is 30.2 Å². The lowest BCUT2D eigenvalue weighted by Gasteiger charge is -2.38. The molecule has 2 aromatic rings. The van der Waals surface area contributed by atoms with Crippen molar-refractivity contribution in [1.82, 2.24) is 14.6 Å². The van der Waals surface area contributed by atoms with Crippen LogP contribution in [0.25, 0.3) is 10.5 Å². The molecule has 136 valence electrons. The van der Waals surface area contributed by atoms with Crippen LogP contribution in [0.15, 0.2) is 0 Å². The molecule has 0 bridgehead atoms. The number of aryl methyl sites for hydroxylation is 1. The Morgan fingerprint density at radius 3 is 2.40 bits per heavy atom. The fourth-order valence-corrected chi connectivity index (χ4v) is 4.96. The second kappa shape index (κ2) is 6.86. The van der Waals surface area contributed by atoms with Crippen LogP contribution in [0.2, 0.25) is 0 Å². The molecule has 4 heteroatoms. The third-order valence-electron chi connectivity index (χ3n) is 6.21. The van der Waals surface area contributed by atoms with Gasteiger partial charge >= 0.3 is 0 Å². The Hall–Kier alpha value is -1.76. The van der Waals surface area contributed by atoms with Crippen LogP contribution in [0.5, 0.6) is 0 Å². The zero-order valence-corrected chi connectivity index (χ0v) is 16.6. The van der Waals surface area contributed by atoms with E-state index in [1.54, 1.807) is 0 Å². The first-order valence-electron chi connectivity index (χ1n) is 9.86. The Balaban J connectivity index is 2.06. The summed E-state index contributed by atoms with van der Waals surface area (Å²) in [5.74, 6) is 4.26. The highest BCUT2D eigenvalue weighted by Gasteiger charge is 2.33. The van der Waals surface area contributed by atoms with Gasteiger partial charge in [-0.1, -0.05) is 41.5 Å². The highest BCUT2D eigenvalue weighted by molar-refractivity contribution is 5.71. The Morgan fingerprint density at radius 1 is 1.24 bits per heavy atom. The number of nitrogens with zero attached hydrogens (tertiary/aromatic N) is 3. The van der Waals surface area contributed by atoms with Gasteiger partial charge in [-0.15, -0.1) is 0 Å². The normalized spacial score (nSPS) is 27.1. The Kier molecular flexibility index (Phi) is 4.95. The number of rotatable bonds is 4. The predicted molar refractivity (Wildman–Crippen MR) is 103 cm³/mol. The van der Waals surface area contributed by atoms with Crippen molar-refractivity contribution in [2.75, 3.05) is 0 Å². The van der Waals surface area contributed by atoms with Crippen LogP contribution < -0.4 is 0 Å². The van der Waals surface area contributed by atoms with Crippen LogP contribution in [-0.2, 0) is 12.8 Å². The van der Waals surface area contributed by atoms with E-state index in [0.717, 1.165) is 41.6 Å². The summed E-state index contributed by atoms with van der Waals surface area (Å²) >= 11 is 0. The maximum Gasteiger partial charge on any atom is 0.215 e. The second-order valence-electron chi connectivity index (χ2n) is 8.56. The van der Waals surface area contributed by atoms with Crippen LogP contribution in [0.4, 0.5) is 5.69 Å². The minimum Gasteiger partial charge on any atom is -0.280 e. The van der Waals surface area contributed by atoms with E-state index >= 15 is 0 Å². The maximum absolute atomic E-state index is 7.76. The highest BCUT2D eigenvalue weighted by Crippen LogP contribution is 2.42. The molecule has 25 heavy (non-hydrogen) atoms. The van der Waals surface area contributed by atoms with Gasteiger partial charge in [0.1, 0.15) is 11.5 Å². The third-order valence-corrected chi connectivity index (χ3v) is 6.21. The first-order chi connectivity index (χ1) is 11.9. The molecule has 3 rings (SSSR count). The monoisotopic (exact) mass is 340 g/mol. The number of fused-ring (bicyclic) bond motifs is 1. The summed E-state index contributed by atoms with van der Waals surface area (Å²) in [5.41, 5.74) is 4.09. The number of hydrogen-bond acceptors (Lipinski definition) is 1. The van der Waals surface area contributed by atoms with Gasteiger partial charge in [-0.05, 0) is 49.4 Å². The first-order valence-corrected chi connectivity index (χ1v) is 9.86. The molecule has 4 nitrogen and oxygen atoms in total. The van der Waals surface area contributed by atoms with E-state index in [1.807, 2.05) is 0 Å². The van der Waals surface area contributed by atoms with E-state index in [4.69, 9.17) is 11.6 Å². The molecule has 2 aromatic heterocycles. The largest absolute Gasteiger partial charge is 0.280 e. The third kappa shape index (κ3) is 3.10. The number of hydrogen-bond donors (Lipinski definition) is 1. The van der Waals surface area contributed by atoms with Gasteiger partial charge in [0.2, 0.25) is 5.69 Å². The molecule has 0 aromatic carbocycles. The zero-order chi connectivity index (χ0) is 18.3. The van der Waals surface area contributed by atoms with Crippen molar-refractivity contribution >= 4 is 11.3 Å². The van der Waals surface area contributed by atoms with Gasteiger partial charge in [0.05, 0.1) is 6.57 Å². The molecule has 1 N–H and O–H groups in total. The number of nitrogens with one attached hydrogen (secondary N) is 1. The summed E-state index contributed by atoms with van der Waals surface area (Å²) in [7, 11) is 0. The van der Waals surface area contributed by atoms with Crippen molar-refractivity contribution in [3.05, 3.63) is 28.5 Å². The van der Waals surface area contributed by atoms with Gasteiger partial charge < -0.3 is 0 Å². The molecular weight excluding hydrogens is 308 g/mol. The minimum atomic E-state index is 0.363. The topological polar surface area (TPSA) is 37.5 Å². The van der Waals surface area contributed by atoms with Crippen molar-refractivity contribution in [1.29, 1.82) is 0 Å². The van der Waals surface area contributed by atoms with Crippen LogP contribution in [0.1, 0.15) is 77.4 Å². The van der Waals surface area contributed by atoms with Crippen LogP contribution in [0.3, 0.4) is 0 Å². The molecule has 0 aliphatic heterocycles. The average Bonchev–Trinajstić information content (AvgIpc) is 3.07. The molecule has 1 aliphatic carbocycles. The molecule has 2 heterocycles. The van der Waals surface area contributed by atoms with Gasteiger partial charge in [0, 0.05) is 17.2 Å². The lowest BCUT2D eigenvalue weighted by Crippen LogP contribution is -2.30. The fraction of sp³-hybridized carbons (Fsp3) is 0.714. The SMILES string of the molecule is [C-]#[N+]c1c(CC2C(C)CC(C)CC2C)c2nc(C(C)C)[nH]n2c1CC. The van der Waals surface area contributed by atoms with Crippen molar-refractivity contribution < 1.29 is 0 Å². The van der Waals surface area contributed by atoms with Gasteiger partial charge in [-0.3, -0.25) is 9.61 Å². The van der Waals surface area contributed by atoms with E-state index < -0.39 is 0 Å². The number of aromatic nitrogens is 3. The lowest BCUT2D eigenvalue weighted by atomic mass is 9.67. The fourth-order valence-electron chi connectivity index (χ4n) is 4.96. The molecule has 2 unspecified atom stereocenters. The van der Waals surface area contributed by atoms with E-state index in [1.165, 1.54) is 18.4 Å². The second-order valence-corrected chi connectivity index (χ2v) is 8.56. The summed E-state index contributed by atoms with van der Waals surface area (Å²) in [6, 6.07) is 0. The molecule has 0 radical (unpaired) electrons. The Labute approximate surface area is 151 Å². The summed E-state index contributed by atoms with van der Waals surface area (Å²) in [4.78, 5) is 8.81. The minimum absolute atomic E-state index is 0.363. The van der Waals surface area contributed by atoms with Gasteiger partial charge in [0.25, 0.3) is 0 Å². The molecule has 1 saturated carbocycles. The maximum atomic E-state index is 7.76. The average molecular weight is 341 g/mol. The summed E-state index contributed by atoms with van der Waals surface area (Å²) in [5, 5.41) is 3.44. The van der Waals surface area contributed by atoms with Gasteiger partial charge in [-0.25, -0.2) is 9.83 Å². The predicted octanol–water partition coefficient (Wildman–Crippen LogP) is 5.76. The standard InChI is InChI=1S/C21H32N4/c1-8-18-19(22-7)17(21-23-20(12(2)3)24-25(18)21)11-16-14(5)9-13(4)10-15(16)6/h12-16H,8-11H2,1-6H3,(H,23,24). The number of aromatic amines is 1. The highest BCUT2D eigenvalue weighted by atomic mass is 15.3. The Morgan fingerprint density at radius 2 is 1.88 bits per heavy atom. The molecule has 0 spiro atoms. The van der Waals surface area contributed by atoms with E-state index in [2.05, 4.69) is 56.0 Å². The van der Waals surface area contributed by atoms with Crippen LogP contribution >= 0.6 is 0 Å². The summed E-state index contributed by atoms with van der Waals surface area (Å²) in [6.45, 7) is 21.4. The van der Waals surface area contributed by atoms with Crippen LogP contribution in [-0.4, -0.2) is 14.6 Å². The zero-order valence-electron chi connectivity index (χ0n) is 16.6. The molecule has 2 atom stereocenters.